The van der Waals surface area contributed by atoms with Crippen LogP contribution in [0.1, 0.15) is 25.3 Å². The number of aromatic nitrogens is 5. The summed E-state index contributed by atoms with van der Waals surface area (Å²) < 4.78 is 3.85. The Morgan fingerprint density at radius 3 is 2.55 bits per heavy atom. The number of aliphatic imine (C=N–C) groups is 1. The lowest BCUT2D eigenvalue weighted by molar-refractivity contribution is 0.611. The molecule has 0 bridgehead atoms. The summed E-state index contributed by atoms with van der Waals surface area (Å²) in [6, 6.07) is 10.4. The Morgan fingerprint density at radius 2 is 1.86 bits per heavy atom. The van der Waals surface area contributed by atoms with Gasteiger partial charge in [0.1, 0.15) is 12.7 Å². The molecule has 156 valence electrons. The SMILES string of the molecule is CCNC(=NCCCCn1cnnc1)NCCc1ccc(-n2cccn2)cc1.I. The Bertz CT molecular complexity index is 813. The molecule has 0 saturated carbocycles. The van der Waals surface area contributed by atoms with Gasteiger partial charge in [-0.2, -0.15) is 5.10 Å². The van der Waals surface area contributed by atoms with Gasteiger partial charge in [0.2, 0.25) is 0 Å². The van der Waals surface area contributed by atoms with Crippen LogP contribution in [0.25, 0.3) is 5.69 Å². The summed E-state index contributed by atoms with van der Waals surface area (Å²) in [4.78, 5) is 4.65. The summed E-state index contributed by atoms with van der Waals surface area (Å²) in [7, 11) is 0. The average molecular weight is 508 g/mol. The number of hydrogen-bond donors (Lipinski definition) is 2. The van der Waals surface area contributed by atoms with Crippen LogP contribution in [0.2, 0.25) is 0 Å². The third-order valence-electron chi connectivity index (χ3n) is 4.32. The molecule has 9 heteroatoms. The lowest BCUT2D eigenvalue weighted by Gasteiger charge is -2.11. The minimum Gasteiger partial charge on any atom is -0.357 e. The van der Waals surface area contributed by atoms with Gasteiger partial charge >= 0.3 is 0 Å². The lowest BCUT2D eigenvalue weighted by atomic mass is 10.1. The number of nitrogens with zero attached hydrogens (tertiary/aromatic N) is 6. The van der Waals surface area contributed by atoms with E-state index in [0.29, 0.717) is 0 Å². The quantitative estimate of drug-likeness (QED) is 0.191. The number of rotatable bonds is 10. The third-order valence-corrected chi connectivity index (χ3v) is 4.32. The Morgan fingerprint density at radius 1 is 1.07 bits per heavy atom. The molecule has 2 N–H and O–H groups in total. The van der Waals surface area contributed by atoms with E-state index in [2.05, 4.69) is 62.1 Å². The van der Waals surface area contributed by atoms with Crippen molar-refractivity contribution in [3.63, 3.8) is 0 Å². The summed E-state index contributed by atoms with van der Waals surface area (Å²) >= 11 is 0. The van der Waals surface area contributed by atoms with Gasteiger partial charge in [-0.15, -0.1) is 34.2 Å². The summed E-state index contributed by atoms with van der Waals surface area (Å²) in [5.41, 5.74) is 2.36. The first-order valence-corrected chi connectivity index (χ1v) is 9.78. The zero-order chi connectivity index (χ0) is 19.4. The van der Waals surface area contributed by atoms with Crippen LogP contribution in [-0.4, -0.2) is 50.1 Å². The van der Waals surface area contributed by atoms with E-state index in [1.807, 2.05) is 21.5 Å². The molecule has 2 heterocycles. The van der Waals surface area contributed by atoms with Crippen LogP contribution in [0, 0.1) is 0 Å². The van der Waals surface area contributed by atoms with Crippen LogP contribution < -0.4 is 10.6 Å². The minimum atomic E-state index is 0. The second kappa shape index (κ2) is 12.9. The molecular formula is C20H29IN8. The van der Waals surface area contributed by atoms with Gasteiger partial charge in [-0.25, -0.2) is 4.68 Å². The second-order valence-corrected chi connectivity index (χ2v) is 6.46. The maximum Gasteiger partial charge on any atom is 0.191 e. The first kappa shape index (κ1) is 22.9. The molecule has 0 aliphatic rings. The fourth-order valence-electron chi connectivity index (χ4n) is 2.84. The molecule has 3 aromatic rings. The average Bonchev–Trinajstić information content (AvgIpc) is 3.42. The van der Waals surface area contributed by atoms with E-state index < -0.39 is 0 Å². The van der Waals surface area contributed by atoms with E-state index in [1.54, 1.807) is 18.9 Å². The molecule has 2 aromatic heterocycles. The van der Waals surface area contributed by atoms with Gasteiger partial charge in [-0.05, 0) is 49.9 Å². The van der Waals surface area contributed by atoms with Crippen molar-refractivity contribution in [2.45, 2.75) is 32.7 Å². The summed E-state index contributed by atoms with van der Waals surface area (Å²) in [5, 5.41) is 18.6. The molecule has 0 aliphatic carbocycles. The molecule has 0 aliphatic heterocycles. The zero-order valence-corrected chi connectivity index (χ0v) is 19.1. The van der Waals surface area contributed by atoms with Crippen molar-refractivity contribution >= 4 is 29.9 Å². The fourth-order valence-corrected chi connectivity index (χ4v) is 2.84. The number of unbranched alkanes of at least 4 members (excludes halogenated alkanes) is 1. The molecule has 8 nitrogen and oxygen atoms in total. The molecular weight excluding hydrogens is 479 g/mol. The van der Waals surface area contributed by atoms with Crippen LogP contribution in [0.3, 0.4) is 0 Å². The topological polar surface area (TPSA) is 85.0 Å². The van der Waals surface area contributed by atoms with Crippen molar-refractivity contribution in [1.29, 1.82) is 0 Å². The van der Waals surface area contributed by atoms with E-state index in [1.165, 1.54) is 5.56 Å². The van der Waals surface area contributed by atoms with Gasteiger partial charge in [-0.3, -0.25) is 4.99 Å². The van der Waals surface area contributed by atoms with Crippen LogP contribution in [0.15, 0.2) is 60.4 Å². The van der Waals surface area contributed by atoms with Gasteiger partial charge in [0, 0.05) is 38.6 Å². The highest BCUT2D eigenvalue weighted by molar-refractivity contribution is 14.0. The Balaban J connectivity index is 0.00000300. The molecule has 0 unspecified atom stereocenters. The minimum absolute atomic E-state index is 0. The number of hydrogen-bond acceptors (Lipinski definition) is 4. The Hall–Kier alpha value is -2.43. The van der Waals surface area contributed by atoms with E-state index in [4.69, 9.17) is 0 Å². The van der Waals surface area contributed by atoms with Crippen LogP contribution >= 0.6 is 24.0 Å². The van der Waals surface area contributed by atoms with Gasteiger partial charge in [0.05, 0.1) is 5.69 Å². The van der Waals surface area contributed by atoms with Crippen molar-refractivity contribution in [3.05, 3.63) is 60.9 Å². The summed E-state index contributed by atoms with van der Waals surface area (Å²) in [6.07, 6.45) is 10.3. The largest absolute Gasteiger partial charge is 0.357 e. The van der Waals surface area contributed by atoms with Gasteiger partial charge in [0.15, 0.2) is 5.96 Å². The molecule has 0 fully saturated rings. The van der Waals surface area contributed by atoms with Crippen molar-refractivity contribution in [2.75, 3.05) is 19.6 Å². The van der Waals surface area contributed by atoms with Crippen molar-refractivity contribution in [1.82, 2.24) is 35.2 Å². The molecule has 0 atom stereocenters. The standard InChI is InChI=1S/C20H28N8.HI/c1-2-21-20(22-11-3-4-14-27-16-24-25-17-27)23-13-10-18-6-8-19(9-7-18)28-15-5-12-26-28;/h5-9,12,15-17H,2-4,10-11,13-14H2,1H3,(H2,21,22,23);1H. The summed E-state index contributed by atoms with van der Waals surface area (Å²) in [5.74, 6) is 0.875. The van der Waals surface area contributed by atoms with E-state index >= 15 is 0 Å². The zero-order valence-electron chi connectivity index (χ0n) is 16.7. The van der Waals surface area contributed by atoms with E-state index in [0.717, 1.165) is 57.1 Å². The van der Waals surface area contributed by atoms with Crippen molar-refractivity contribution in [2.24, 2.45) is 4.99 Å². The maximum absolute atomic E-state index is 4.65. The van der Waals surface area contributed by atoms with Gasteiger partial charge in [0.25, 0.3) is 0 Å². The van der Waals surface area contributed by atoms with Gasteiger partial charge in [-0.1, -0.05) is 12.1 Å². The maximum atomic E-state index is 4.65. The smallest absolute Gasteiger partial charge is 0.191 e. The molecule has 1 aromatic carbocycles. The highest BCUT2D eigenvalue weighted by Gasteiger charge is 2.00. The number of nitrogens with one attached hydrogen (secondary N) is 2. The Labute approximate surface area is 188 Å². The van der Waals surface area contributed by atoms with E-state index in [9.17, 15) is 0 Å². The fraction of sp³-hybridized carbons (Fsp3) is 0.400. The molecule has 0 radical (unpaired) electrons. The number of aryl methyl sites for hydroxylation is 1. The van der Waals surface area contributed by atoms with Crippen molar-refractivity contribution in [3.8, 4) is 5.69 Å². The first-order chi connectivity index (χ1) is 13.8. The normalized spacial score (nSPS) is 11.1. The molecule has 0 saturated heterocycles. The summed E-state index contributed by atoms with van der Waals surface area (Å²) in [6.45, 7) is 5.51. The number of benzene rings is 1. The van der Waals surface area contributed by atoms with Crippen LogP contribution in [-0.2, 0) is 13.0 Å². The third kappa shape index (κ3) is 7.84. The molecule has 0 amide bonds. The Kier molecular flexibility index (Phi) is 10.2. The van der Waals surface area contributed by atoms with Crippen LogP contribution in [0.4, 0.5) is 0 Å². The predicted molar refractivity (Wildman–Crippen MR) is 126 cm³/mol. The predicted octanol–water partition coefficient (Wildman–Crippen LogP) is 2.66. The highest BCUT2D eigenvalue weighted by Crippen LogP contribution is 2.08. The second-order valence-electron chi connectivity index (χ2n) is 6.46. The van der Waals surface area contributed by atoms with Crippen molar-refractivity contribution < 1.29 is 0 Å². The first-order valence-electron chi connectivity index (χ1n) is 9.78. The van der Waals surface area contributed by atoms with Crippen LogP contribution in [0.5, 0.6) is 0 Å². The number of guanidine groups is 1. The molecule has 0 spiro atoms. The molecule has 29 heavy (non-hydrogen) atoms. The van der Waals surface area contributed by atoms with E-state index in [-0.39, 0.29) is 24.0 Å². The monoisotopic (exact) mass is 508 g/mol. The van der Waals surface area contributed by atoms with Gasteiger partial charge < -0.3 is 15.2 Å². The lowest BCUT2D eigenvalue weighted by Crippen LogP contribution is -2.38. The number of halogens is 1. The molecule has 3 rings (SSSR count). The highest BCUT2D eigenvalue weighted by atomic mass is 127.